The van der Waals surface area contributed by atoms with Gasteiger partial charge in [0.1, 0.15) is 10.0 Å². The number of nitrogens with one attached hydrogen (secondary N) is 1. The van der Waals surface area contributed by atoms with Gasteiger partial charge in [0, 0.05) is 9.75 Å². The molecule has 0 radical (unpaired) electrons. The summed E-state index contributed by atoms with van der Waals surface area (Å²) in [6.45, 7) is 3.62. The van der Waals surface area contributed by atoms with Crippen LogP contribution in [0.3, 0.4) is 0 Å². The highest BCUT2D eigenvalue weighted by Gasteiger charge is 2.19. The van der Waals surface area contributed by atoms with Crippen LogP contribution in [-0.2, 0) is 10.0 Å². The highest BCUT2D eigenvalue weighted by molar-refractivity contribution is 7.93. The average Bonchev–Trinajstić information content (AvgIpc) is 2.62. The Kier molecular flexibility index (Phi) is 3.56. The second kappa shape index (κ2) is 4.83. The molecule has 2 heterocycles. The first-order valence-electron chi connectivity index (χ1n) is 4.96. The zero-order chi connectivity index (χ0) is 13.3. The summed E-state index contributed by atoms with van der Waals surface area (Å²) in [4.78, 5) is 9.55. The number of anilines is 1. The molecule has 2 aromatic heterocycles. The topological polar surface area (TPSA) is 72.0 Å². The maximum Gasteiger partial charge on any atom is 0.264 e. The highest BCUT2D eigenvalue weighted by Crippen LogP contribution is 2.26. The van der Waals surface area contributed by atoms with Crippen molar-refractivity contribution in [3.8, 4) is 0 Å². The van der Waals surface area contributed by atoms with E-state index in [-0.39, 0.29) is 15.9 Å². The number of hydrogen-bond acceptors (Lipinski definition) is 5. The van der Waals surface area contributed by atoms with Crippen LogP contribution in [0.5, 0.6) is 0 Å². The lowest BCUT2D eigenvalue weighted by Crippen LogP contribution is -2.14. The molecule has 0 saturated heterocycles. The van der Waals surface area contributed by atoms with E-state index in [4.69, 9.17) is 11.6 Å². The maximum absolute atomic E-state index is 12.1. The number of rotatable bonds is 3. The van der Waals surface area contributed by atoms with E-state index in [0.717, 1.165) is 9.75 Å². The Morgan fingerprint density at radius 3 is 2.50 bits per heavy atom. The largest absolute Gasteiger partial charge is 0.264 e. The lowest BCUT2D eigenvalue weighted by atomic mass is 10.4. The summed E-state index contributed by atoms with van der Waals surface area (Å²) in [5.41, 5.74) is 0. The van der Waals surface area contributed by atoms with Crippen LogP contribution in [0.4, 0.5) is 5.82 Å². The number of thiophene rings is 1. The molecule has 2 aromatic rings. The number of sulfonamides is 1. The predicted octanol–water partition coefficient (Wildman–Crippen LogP) is 2.61. The van der Waals surface area contributed by atoms with Crippen LogP contribution < -0.4 is 4.72 Å². The average molecular weight is 304 g/mol. The summed E-state index contributed by atoms with van der Waals surface area (Å²) >= 11 is 7.01. The number of halogens is 1. The molecule has 0 fully saturated rings. The number of nitrogens with zero attached hydrogens (tertiary/aromatic N) is 2. The Balaban J connectivity index is 2.33. The standard InChI is InChI=1S/C10H10ClN3O2S2/c1-6-3-8(7(2)17-6)18(15,16)14-10-5-12-9(11)4-13-10/h3-5H,1-2H3,(H,13,14). The summed E-state index contributed by atoms with van der Waals surface area (Å²) in [6, 6.07) is 1.63. The lowest BCUT2D eigenvalue weighted by molar-refractivity contribution is 0.601. The molecule has 0 atom stereocenters. The van der Waals surface area contributed by atoms with Crippen molar-refractivity contribution in [2.24, 2.45) is 0 Å². The molecule has 0 aliphatic carbocycles. The summed E-state index contributed by atoms with van der Waals surface area (Å²) in [5, 5.41) is 0.209. The Morgan fingerprint density at radius 1 is 1.28 bits per heavy atom. The van der Waals surface area contributed by atoms with Crippen LogP contribution in [0, 0.1) is 13.8 Å². The quantitative estimate of drug-likeness (QED) is 0.946. The third-order valence-corrected chi connectivity index (χ3v) is 4.92. The van der Waals surface area contributed by atoms with Gasteiger partial charge in [0.2, 0.25) is 0 Å². The summed E-state index contributed by atoms with van der Waals surface area (Å²) < 4.78 is 26.6. The molecule has 0 unspecified atom stereocenters. The molecule has 96 valence electrons. The molecule has 5 nitrogen and oxygen atoms in total. The Morgan fingerprint density at radius 2 is 2.00 bits per heavy atom. The van der Waals surface area contributed by atoms with E-state index in [1.54, 1.807) is 13.0 Å². The van der Waals surface area contributed by atoms with Crippen LogP contribution in [0.2, 0.25) is 5.15 Å². The van der Waals surface area contributed by atoms with E-state index < -0.39 is 10.0 Å². The Hall–Kier alpha value is -1.18. The fourth-order valence-electron chi connectivity index (χ4n) is 1.43. The molecule has 2 rings (SSSR count). The summed E-state index contributed by atoms with van der Waals surface area (Å²) in [7, 11) is -3.62. The molecule has 8 heteroatoms. The van der Waals surface area contributed by atoms with Gasteiger partial charge in [-0.05, 0) is 19.9 Å². The van der Waals surface area contributed by atoms with E-state index in [1.165, 1.54) is 23.7 Å². The predicted molar refractivity (Wildman–Crippen MR) is 71.6 cm³/mol. The van der Waals surface area contributed by atoms with Crippen molar-refractivity contribution < 1.29 is 8.42 Å². The maximum atomic E-state index is 12.1. The third kappa shape index (κ3) is 2.80. The minimum atomic E-state index is -3.62. The summed E-state index contributed by atoms with van der Waals surface area (Å²) in [6.07, 6.45) is 2.56. The van der Waals surface area contributed by atoms with Crippen LogP contribution in [0.1, 0.15) is 9.75 Å². The second-order valence-electron chi connectivity index (χ2n) is 3.61. The number of hydrogen-bond donors (Lipinski definition) is 1. The Bertz CT molecular complexity index is 665. The lowest BCUT2D eigenvalue weighted by Gasteiger charge is -2.05. The van der Waals surface area contributed by atoms with E-state index >= 15 is 0 Å². The number of aromatic nitrogens is 2. The van der Waals surface area contributed by atoms with Crippen molar-refractivity contribution in [3.05, 3.63) is 33.4 Å². The molecule has 0 bridgehead atoms. The molecule has 0 saturated carbocycles. The molecule has 18 heavy (non-hydrogen) atoms. The molecule has 0 aliphatic heterocycles. The van der Waals surface area contributed by atoms with Crippen LogP contribution in [-0.4, -0.2) is 18.4 Å². The van der Waals surface area contributed by atoms with Gasteiger partial charge in [-0.15, -0.1) is 11.3 Å². The van der Waals surface area contributed by atoms with Gasteiger partial charge in [0.25, 0.3) is 10.0 Å². The molecular weight excluding hydrogens is 294 g/mol. The minimum absolute atomic E-state index is 0.141. The Labute approximate surface area is 114 Å². The van der Waals surface area contributed by atoms with Gasteiger partial charge in [-0.1, -0.05) is 11.6 Å². The van der Waals surface area contributed by atoms with Crippen LogP contribution in [0.15, 0.2) is 23.4 Å². The fourth-order valence-corrected chi connectivity index (χ4v) is 4.08. The van der Waals surface area contributed by atoms with E-state index in [0.29, 0.717) is 0 Å². The van der Waals surface area contributed by atoms with Gasteiger partial charge in [-0.3, -0.25) is 4.72 Å². The molecule has 0 aromatic carbocycles. The monoisotopic (exact) mass is 303 g/mol. The summed E-state index contributed by atoms with van der Waals surface area (Å²) in [5.74, 6) is 0.141. The molecule has 1 N–H and O–H groups in total. The van der Waals surface area contributed by atoms with Crippen molar-refractivity contribution in [1.29, 1.82) is 0 Å². The molecular formula is C10H10ClN3O2S2. The molecule has 0 spiro atoms. The number of aryl methyl sites for hydroxylation is 2. The van der Waals surface area contributed by atoms with Gasteiger partial charge in [-0.25, -0.2) is 18.4 Å². The first-order valence-corrected chi connectivity index (χ1v) is 7.63. The van der Waals surface area contributed by atoms with Crippen LogP contribution in [0.25, 0.3) is 0 Å². The fraction of sp³-hybridized carbons (Fsp3) is 0.200. The van der Waals surface area contributed by atoms with Crippen molar-refractivity contribution >= 4 is 38.8 Å². The van der Waals surface area contributed by atoms with Gasteiger partial charge >= 0.3 is 0 Å². The van der Waals surface area contributed by atoms with Crippen LogP contribution >= 0.6 is 22.9 Å². The van der Waals surface area contributed by atoms with E-state index in [2.05, 4.69) is 14.7 Å². The van der Waals surface area contributed by atoms with Crippen molar-refractivity contribution in [2.75, 3.05) is 4.72 Å². The first kappa shape index (κ1) is 13.3. The zero-order valence-corrected chi connectivity index (χ0v) is 12.0. The molecule has 0 aliphatic rings. The van der Waals surface area contributed by atoms with Crippen molar-refractivity contribution in [2.45, 2.75) is 18.7 Å². The van der Waals surface area contributed by atoms with Gasteiger partial charge in [0.15, 0.2) is 5.82 Å². The normalized spacial score (nSPS) is 11.5. The van der Waals surface area contributed by atoms with Gasteiger partial charge in [-0.2, -0.15) is 0 Å². The van der Waals surface area contributed by atoms with Crippen molar-refractivity contribution in [3.63, 3.8) is 0 Å². The second-order valence-corrected chi connectivity index (χ2v) is 7.11. The highest BCUT2D eigenvalue weighted by atomic mass is 35.5. The third-order valence-electron chi connectivity index (χ3n) is 2.14. The smallest absolute Gasteiger partial charge is 0.262 e. The van der Waals surface area contributed by atoms with Crippen molar-refractivity contribution in [1.82, 2.24) is 9.97 Å². The SMILES string of the molecule is Cc1cc(S(=O)(=O)Nc2cnc(Cl)cn2)c(C)s1. The zero-order valence-electron chi connectivity index (χ0n) is 9.64. The minimum Gasteiger partial charge on any atom is -0.262 e. The van der Waals surface area contributed by atoms with Gasteiger partial charge < -0.3 is 0 Å². The van der Waals surface area contributed by atoms with E-state index in [9.17, 15) is 8.42 Å². The van der Waals surface area contributed by atoms with E-state index in [1.807, 2.05) is 6.92 Å². The first-order chi connectivity index (χ1) is 8.38. The molecule has 0 amide bonds. The van der Waals surface area contributed by atoms with Gasteiger partial charge in [0.05, 0.1) is 12.4 Å².